The molecule has 5 nitrogen and oxygen atoms in total. The van der Waals surface area contributed by atoms with Gasteiger partial charge in [0.15, 0.2) is 0 Å². The third kappa shape index (κ3) is 2.55. The van der Waals surface area contributed by atoms with Crippen LogP contribution < -0.4 is 0 Å². The van der Waals surface area contributed by atoms with Crippen molar-refractivity contribution in [3.8, 4) is 0 Å². The zero-order valence-electron chi connectivity index (χ0n) is 11.0. The average molecular weight is 279 g/mol. The zero-order valence-corrected chi connectivity index (χ0v) is 12.8. The van der Waals surface area contributed by atoms with Crippen LogP contribution in [0.2, 0.25) is 18.1 Å². The largest absolute Gasteiger partial charge is 0.481 e. The monoisotopic (exact) mass is 279 g/mol. The van der Waals surface area contributed by atoms with E-state index in [4.69, 9.17) is 5.11 Å². The minimum atomic E-state index is -3.23. The Hall–Kier alpha value is -0.403. The van der Waals surface area contributed by atoms with Crippen molar-refractivity contribution in [3.05, 3.63) is 0 Å². The summed E-state index contributed by atoms with van der Waals surface area (Å²) >= 11 is 0. The first-order valence-electron chi connectivity index (χ1n) is 5.63. The molecule has 1 fully saturated rings. The molecule has 0 amide bonds. The van der Waals surface area contributed by atoms with E-state index in [1.54, 1.807) is 0 Å². The number of hydrogen-bond acceptors (Lipinski definition) is 3. The molecule has 0 aromatic carbocycles. The molecule has 0 aromatic heterocycles. The van der Waals surface area contributed by atoms with E-state index in [2.05, 4.69) is 0 Å². The van der Waals surface area contributed by atoms with Crippen LogP contribution >= 0.6 is 0 Å². The number of nitrogens with zero attached hydrogens (tertiary/aromatic N) is 1. The lowest BCUT2D eigenvalue weighted by atomic mass is 10.2. The molecule has 7 heteroatoms. The third-order valence-electron chi connectivity index (χ3n) is 3.83. The fourth-order valence-electron chi connectivity index (χ4n) is 2.01. The molecule has 0 spiro atoms. The minimum absolute atomic E-state index is 0.0220. The van der Waals surface area contributed by atoms with Crippen molar-refractivity contribution in [1.29, 1.82) is 0 Å². The first-order chi connectivity index (χ1) is 7.39. The van der Waals surface area contributed by atoms with Gasteiger partial charge < -0.3 is 5.11 Å². The van der Waals surface area contributed by atoms with E-state index in [-0.39, 0.29) is 23.3 Å². The number of sulfonamides is 1. The van der Waals surface area contributed by atoms with E-state index < -0.39 is 24.2 Å². The molecule has 0 aromatic rings. The average Bonchev–Trinajstić information content (AvgIpc) is 1.96. The molecule has 1 heterocycles. The molecule has 0 bridgehead atoms. The topological polar surface area (TPSA) is 74.7 Å². The molecule has 0 aliphatic carbocycles. The number of aliphatic carboxylic acids is 1. The molecule has 100 valence electrons. The van der Waals surface area contributed by atoms with Gasteiger partial charge in [-0.1, -0.05) is 33.9 Å². The molecule has 0 radical (unpaired) electrons. The fourth-order valence-corrected chi connectivity index (χ4v) is 8.99. The van der Waals surface area contributed by atoms with Gasteiger partial charge in [-0.3, -0.25) is 4.79 Å². The van der Waals surface area contributed by atoms with E-state index >= 15 is 0 Å². The Balaban J connectivity index is 3.04. The number of carboxylic acid groups (broad SMARTS) is 1. The molecular weight excluding hydrogens is 258 g/mol. The van der Waals surface area contributed by atoms with Gasteiger partial charge in [0.05, 0.1) is 12.2 Å². The van der Waals surface area contributed by atoms with Crippen LogP contribution in [0.1, 0.15) is 27.2 Å². The predicted molar refractivity (Wildman–Crippen MR) is 68.9 cm³/mol. The van der Waals surface area contributed by atoms with Crippen LogP contribution in [0.25, 0.3) is 0 Å². The number of hydrogen-bond donors (Lipinski definition) is 1. The summed E-state index contributed by atoms with van der Waals surface area (Å²) in [6, 6.07) is -0.349. The molecule has 1 rings (SSSR count). The second-order valence-electron chi connectivity index (χ2n) is 6.14. The van der Waals surface area contributed by atoms with Gasteiger partial charge in [-0.2, -0.15) is 0 Å². The maximum absolute atomic E-state index is 11.9. The second-order valence-corrected chi connectivity index (χ2v) is 13.4. The molecule has 1 aliphatic rings. The summed E-state index contributed by atoms with van der Waals surface area (Å²) in [6.45, 7) is 10.0. The van der Waals surface area contributed by atoms with Crippen molar-refractivity contribution in [1.82, 2.24) is 3.97 Å². The molecule has 1 N–H and O–H groups in total. The smallest absolute Gasteiger partial charge is 0.304 e. The third-order valence-corrected chi connectivity index (χ3v) is 12.9. The first kappa shape index (κ1) is 14.7. The number of carbonyl (C=O) groups is 1. The summed E-state index contributed by atoms with van der Waals surface area (Å²) in [6.07, 6.45) is -0.0915. The Morgan fingerprint density at radius 2 is 1.88 bits per heavy atom. The first-order valence-corrected chi connectivity index (χ1v) is 10.2. The highest BCUT2D eigenvalue weighted by Crippen LogP contribution is 2.44. The Bertz CT molecular complexity index is 424. The van der Waals surface area contributed by atoms with Gasteiger partial charge in [0.1, 0.15) is 8.24 Å². The summed E-state index contributed by atoms with van der Waals surface area (Å²) in [7, 11) is -5.43. The Labute approximate surface area is 104 Å². The molecule has 1 saturated heterocycles. The maximum atomic E-state index is 11.9. The van der Waals surface area contributed by atoms with Gasteiger partial charge in [0, 0.05) is 6.04 Å². The SMILES string of the molecule is CC(C)(C)[Si](C)(C)N1C(CC(=O)O)CS1(=O)=O. The van der Waals surface area contributed by atoms with Crippen molar-refractivity contribution < 1.29 is 18.3 Å². The Morgan fingerprint density at radius 1 is 1.41 bits per heavy atom. The van der Waals surface area contributed by atoms with Crippen LogP contribution in [0.15, 0.2) is 0 Å². The normalized spacial score (nSPS) is 25.4. The summed E-state index contributed by atoms with van der Waals surface area (Å²) in [5.74, 6) is -0.958. The molecule has 1 aliphatic heterocycles. The number of rotatable bonds is 3. The van der Waals surface area contributed by atoms with Crippen molar-refractivity contribution in [2.75, 3.05) is 5.75 Å². The summed E-state index contributed by atoms with van der Waals surface area (Å²) in [4.78, 5) is 10.7. The molecular formula is C10H21NO4SSi. The second kappa shape index (κ2) is 4.06. The lowest BCUT2D eigenvalue weighted by molar-refractivity contribution is -0.137. The van der Waals surface area contributed by atoms with E-state index in [1.165, 1.54) is 3.97 Å². The summed E-state index contributed by atoms with van der Waals surface area (Å²) in [5.41, 5.74) is 0. The quantitative estimate of drug-likeness (QED) is 0.794. The van der Waals surface area contributed by atoms with Crippen LogP contribution in [0, 0.1) is 0 Å². The van der Waals surface area contributed by atoms with E-state index in [1.807, 2.05) is 33.9 Å². The van der Waals surface area contributed by atoms with Crippen LogP contribution in [0.4, 0.5) is 0 Å². The lowest BCUT2D eigenvalue weighted by Crippen LogP contribution is -2.70. The highest BCUT2D eigenvalue weighted by molar-refractivity contribution is 7.91. The van der Waals surface area contributed by atoms with Crippen molar-refractivity contribution >= 4 is 24.2 Å². The van der Waals surface area contributed by atoms with Crippen molar-refractivity contribution in [2.24, 2.45) is 0 Å². The zero-order chi connectivity index (χ0) is 13.6. The van der Waals surface area contributed by atoms with Crippen LogP contribution in [0.5, 0.6) is 0 Å². The van der Waals surface area contributed by atoms with Gasteiger partial charge in [-0.05, 0) is 5.04 Å². The highest BCUT2D eigenvalue weighted by Gasteiger charge is 2.56. The summed E-state index contributed by atoms with van der Waals surface area (Å²) < 4.78 is 25.3. The fraction of sp³-hybridized carbons (Fsp3) is 0.900. The van der Waals surface area contributed by atoms with Gasteiger partial charge in [0.2, 0.25) is 10.0 Å². The van der Waals surface area contributed by atoms with Gasteiger partial charge >= 0.3 is 5.97 Å². The molecule has 1 atom stereocenters. The Morgan fingerprint density at radius 3 is 2.18 bits per heavy atom. The molecule has 1 unspecified atom stereocenters. The van der Waals surface area contributed by atoms with E-state index in [9.17, 15) is 13.2 Å². The van der Waals surface area contributed by atoms with Gasteiger partial charge in [-0.15, -0.1) is 0 Å². The lowest BCUT2D eigenvalue weighted by Gasteiger charge is -2.53. The minimum Gasteiger partial charge on any atom is -0.481 e. The van der Waals surface area contributed by atoms with Gasteiger partial charge in [-0.25, -0.2) is 12.4 Å². The van der Waals surface area contributed by atoms with Gasteiger partial charge in [0.25, 0.3) is 0 Å². The molecule has 17 heavy (non-hydrogen) atoms. The van der Waals surface area contributed by atoms with E-state index in [0.29, 0.717) is 0 Å². The Kier molecular flexibility index (Phi) is 3.50. The summed E-state index contributed by atoms with van der Waals surface area (Å²) in [5, 5.41) is 8.69. The number of carboxylic acids is 1. The van der Waals surface area contributed by atoms with E-state index in [0.717, 1.165) is 0 Å². The van der Waals surface area contributed by atoms with Crippen LogP contribution in [-0.2, 0) is 14.8 Å². The van der Waals surface area contributed by atoms with Crippen LogP contribution in [-0.4, -0.2) is 43.5 Å². The van der Waals surface area contributed by atoms with Crippen molar-refractivity contribution in [3.63, 3.8) is 0 Å². The predicted octanol–water partition coefficient (Wildman–Crippen LogP) is 1.48. The van der Waals surface area contributed by atoms with Crippen LogP contribution in [0.3, 0.4) is 0 Å². The maximum Gasteiger partial charge on any atom is 0.304 e. The standard InChI is InChI=1S/C10H21NO4SSi/c1-10(2,3)17(4,5)11-8(6-9(12)13)7-16(11,14)15/h8H,6-7H2,1-5H3,(H,12,13). The molecule has 0 saturated carbocycles. The highest BCUT2D eigenvalue weighted by atomic mass is 32.2. The van der Waals surface area contributed by atoms with Crippen molar-refractivity contribution in [2.45, 2.75) is 51.4 Å².